The molecular weight excluding hydrogens is 254 g/mol. The van der Waals surface area contributed by atoms with Gasteiger partial charge < -0.3 is 15.1 Å². The maximum absolute atomic E-state index is 10.8. The first-order chi connectivity index (χ1) is 8.41. The Balaban J connectivity index is 2.65. The van der Waals surface area contributed by atoms with Gasteiger partial charge in [-0.2, -0.15) is 0 Å². The van der Waals surface area contributed by atoms with E-state index < -0.39 is 12.2 Å². The number of aliphatic hydroxyl groups excluding tert-OH is 2. The van der Waals surface area contributed by atoms with E-state index in [0.29, 0.717) is 11.5 Å². The molecule has 100 valence electrons. The largest absolute Gasteiger partial charge is 0.389 e. The number of carbonyl (C=O) groups is 1. The van der Waals surface area contributed by atoms with E-state index in [1.165, 1.54) is 19.3 Å². The Morgan fingerprint density at radius 2 is 1.94 bits per heavy atom. The molecule has 0 bridgehead atoms. The van der Waals surface area contributed by atoms with E-state index in [1.54, 1.807) is 4.90 Å². The van der Waals surface area contributed by atoms with Gasteiger partial charge in [-0.1, -0.05) is 11.8 Å². The average Bonchev–Trinajstić information content (AvgIpc) is 2.35. The van der Waals surface area contributed by atoms with Crippen LogP contribution in [-0.2, 0) is 4.79 Å². The van der Waals surface area contributed by atoms with Crippen molar-refractivity contribution in [1.29, 1.82) is 0 Å². The highest BCUT2D eigenvalue weighted by atomic mass is 32.2. The topological polar surface area (TPSA) is 86.5 Å². The summed E-state index contributed by atoms with van der Waals surface area (Å²) in [7, 11) is 3.62. The first-order valence-electron chi connectivity index (χ1n) is 5.40. The number of aliphatic hydroxyl groups is 2. The predicted molar refractivity (Wildman–Crippen MR) is 70.5 cm³/mol. The lowest BCUT2D eigenvalue weighted by Gasteiger charge is -2.17. The predicted octanol–water partition coefficient (Wildman–Crippen LogP) is 0.217. The van der Waals surface area contributed by atoms with E-state index in [-0.39, 0.29) is 10.9 Å². The van der Waals surface area contributed by atoms with Gasteiger partial charge in [-0.05, 0) is 0 Å². The van der Waals surface area contributed by atoms with Crippen LogP contribution in [0.4, 0.5) is 5.95 Å². The Morgan fingerprint density at radius 3 is 2.39 bits per heavy atom. The van der Waals surface area contributed by atoms with Crippen molar-refractivity contribution < 1.29 is 15.0 Å². The molecule has 0 saturated carbocycles. The van der Waals surface area contributed by atoms with Crippen LogP contribution in [0.15, 0.2) is 12.4 Å². The second-order valence-corrected chi connectivity index (χ2v) is 5.22. The fourth-order valence-electron chi connectivity index (χ4n) is 1.23. The van der Waals surface area contributed by atoms with Gasteiger partial charge in [0, 0.05) is 44.7 Å². The number of anilines is 1. The zero-order valence-corrected chi connectivity index (χ0v) is 11.4. The molecule has 7 heteroatoms. The third-order valence-corrected chi connectivity index (χ3v) is 3.14. The van der Waals surface area contributed by atoms with E-state index in [1.807, 2.05) is 14.1 Å². The Hall–Kier alpha value is -1.18. The summed E-state index contributed by atoms with van der Waals surface area (Å²) < 4.78 is 0. The quantitative estimate of drug-likeness (QED) is 0.792. The third kappa shape index (κ3) is 4.25. The summed E-state index contributed by atoms with van der Waals surface area (Å²) in [5.74, 6) is 0.671. The molecule has 18 heavy (non-hydrogen) atoms. The average molecular weight is 271 g/mol. The Morgan fingerprint density at radius 1 is 1.39 bits per heavy atom. The zero-order valence-electron chi connectivity index (χ0n) is 10.6. The lowest BCUT2D eigenvalue weighted by Crippen LogP contribution is -2.22. The van der Waals surface area contributed by atoms with Crippen LogP contribution in [0.2, 0.25) is 0 Å². The normalized spacial score (nSPS) is 14.1. The lowest BCUT2D eigenvalue weighted by atomic mass is 10.1. The Bertz CT molecular complexity index is 397. The Labute approximate surface area is 110 Å². The molecule has 2 atom stereocenters. The van der Waals surface area contributed by atoms with Crippen molar-refractivity contribution in [3.63, 3.8) is 0 Å². The van der Waals surface area contributed by atoms with Crippen LogP contribution in [-0.4, -0.2) is 51.2 Å². The molecule has 0 fully saturated rings. The van der Waals surface area contributed by atoms with Gasteiger partial charge in [-0.25, -0.2) is 9.97 Å². The molecule has 1 heterocycles. The molecule has 1 rings (SSSR count). The first-order valence-corrected chi connectivity index (χ1v) is 6.39. The smallest absolute Gasteiger partial charge is 0.224 e. The maximum Gasteiger partial charge on any atom is 0.224 e. The van der Waals surface area contributed by atoms with Crippen LogP contribution < -0.4 is 4.90 Å². The number of hydrogen-bond donors (Lipinski definition) is 2. The van der Waals surface area contributed by atoms with Crippen LogP contribution >= 0.6 is 11.8 Å². The summed E-state index contributed by atoms with van der Waals surface area (Å²) in [6.45, 7) is 1.42. The summed E-state index contributed by atoms with van der Waals surface area (Å²) in [6, 6.07) is 0. The minimum Gasteiger partial charge on any atom is -0.389 e. The maximum atomic E-state index is 10.8. The van der Waals surface area contributed by atoms with Crippen molar-refractivity contribution >= 4 is 22.8 Å². The number of nitrogens with zero attached hydrogens (tertiary/aromatic N) is 3. The second kappa shape index (κ2) is 6.67. The molecule has 0 spiro atoms. The molecule has 0 amide bonds. The van der Waals surface area contributed by atoms with Gasteiger partial charge in [0.05, 0.1) is 6.10 Å². The summed E-state index contributed by atoms with van der Waals surface area (Å²) in [5.41, 5.74) is 0.428. The fraction of sp³-hybridized carbons (Fsp3) is 0.545. The van der Waals surface area contributed by atoms with Crippen LogP contribution in [0.3, 0.4) is 0 Å². The van der Waals surface area contributed by atoms with Gasteiger partial charge in [0.25, 0.3) is 0 Å². The molecule has 0 aliphatic carbocycles. The molecular formula is C11H17N3O3S. The van der Waals surface area contributed by atoms with Gasteiger partial charge in [-0.3, -0.25) is 4.79 Å². The van der Waals surface area contributed by atoms with Crippen LogP contribution in [0.25, 0.3) is 0 Å². The lowest BCUT2D eigenvalue weighted by molar-refractivity contribution is -0.109. The first kappa shape index (κ1) is 14.9. The number of thioether (sulfide) groups is 1. The van der Waals surface area contributed by atoms with Crippen molar-refractivity contribution in [1.82, 2.24) is 9.97 Å². The molecule has 0 aliphatic heterocycles. The zero-order chi connectivity index (χ0) is 13.7. The molecule has 6 nitrogen and oxygen atoms in total. The van der Waals surface area contributed by atoms with Crippen molar-refractivity contribution in [2.45, 2.75) is 19.1 Å². The Kier molecular flexibility index (Phi) is 5.52. The summed E-state index contributed by atoms with van der Waals surface area (Å²) >= 11 is 0.972. The van der Waals surface area contributed by atoms with Gasteiger partial charge in [0.1, 0.15) is 6.10 Å². The highest BCUT2D eigenvalue weighted by molar-refractivity contribution is 8.13. The molecule has 2 unspecified atom stereocenters. The molecule has 0 aliphatic rings. The van der Waals surface area contributed by atoms with Gasteiger partial charge in [0.15, 0.2) is 5.12 Å². The van der Waals surface area contributed by atoms with Crippen LogP contribution in [0.1, 0.15) is 18.6 Å². The SMILES string of the molecule is CC(=O)SCC(O)C(O)c1cnc(N(C)C)nc1. The van der Waals surface area contributed by atoms with Gasteiger partial charge >= 0.3 is 0 Å². The highest BCUT2D eigenvalue weighted by Crippen LogP contribution is 2.19. The van der Waals surface area contributed by atoms with Crippen molar-refractivity contribution in [2.24, 2.45) is 0 Å². The van der Waals surface area contributed by atoms with Crippen molar-refractivity contribution in [2.75, 3.05) is 24.7 Å². The standard InChI is InChI=1S/C11H17N3O3S/c1-7(15)18-6-9(16)10(17)8-4-12-11(13-5-8)14(2)3/h4-5,9-10,16-17H,6H2,1-3H3. The molecule has 0 aromatic carbocycles. The summed E-state index contributed by atoms with van der Waals surface area (Å²) in [5, 5.41) is 19.5. The molecule has 0 radical (unpaired) electrons. The highest BCUT2D eigenvalue weighted by Gasteiger charge is 2.20. The third-order valence-electron chi connectivity index (χ3n) is 2.22. The van der Waals surface area contributed by atoms with Crippen LogP contribution in [0.5, 0.6) is 0 Å². The number of rotatable bonds is 5. The molecule has 2 N–H and O–H groups in total. The number of hydrogen-bond acceptors (Lipinski definition) is 7. The summed E-state index contributed by atoms with van der Waals surface area (Å²) in [6.07, 6.45) is 0.823. The number of aromatic nitrogens is 2. The van der Waals surface area contributed by atoms with E-state index in [0.717, 1.165) is 11.8 Å². The van der Waals surface area contributed by atoms with E-state index >= 15 is 0 Å². The van der Waals surface area contributed by atoms with Crippen molar-refractivity contribution in [3.8, 4) is 0 Å². The van der Waals surface area contributed by atoms with Crippen molar-refractivity contribution in [3.05, 3.63) is 18.0 Å². The molecule has 1 aromatic heterocycles. The van der Waals surface area contributed by atoms with Crippen LogP contribution in [0, 0.1) is 0 Å². The number of carbonyl (C=O) groups excluding carboxylic acids is 1. The minimum atomic E-state index is -1.09. The van der Waals surface area contributed by atoms with Gasteiger partial charge in [0.2, 0.25) is 5.95 Å². The second-order valence-electron chi connectivity index (χ2n) is 4.03. The van der Waals surface area contributed by atoms with E-state index in [9.17, 15) is 15.0 Å². The molecule has 1 aromatic rings. The minimum absolute atomic E-state index is 0.0968. The molecule has 0 saturated heterocycles. The fourth-order valence-corrected chi connectivity index (χ4v) is 1.82. The van der Waals surface area contributed by atoms with Gasteiger partial charge in [-0.15, -0.1) is 0 Å². The monoisotopic (exact) mass is 271 g/mol. The van der Waals surface area contributed by atoms with E-state index in [2.05, 4.69) is 9.97 Å². The van der Waals surface area contributed by atoms with E-state index in [4.69, 9.17) is 0 Å². The summed E-state index contributed by atoms with van der Waals surface area (Å²) in [4.78, 5) is 20.6.